The molecule has 4 aromatic rings. The van der Waals surface area contributed by atoms with Crippen molar-refractivity contribution in [2.75, 3.05) is 0 Å². The van der Waals surface area contributed by atoms with E-state index in [1.165, 1.54) is 12.1 Å². The summed E-state index contributed by atoms with van der Waals surface area (Å²) in [6.45, 7) is 0.172. The SMILES string of the molecule is O=[N+]([O-])c1ccc(Cc2noc(COc3ccc4ccccc4c3)n2)cc1. The molecule has 3 aromatic carbocycles. The van der Waals surface area contributed by atoms with Crippen molar-refractivity contribution in [1.82, 2.24) is 10.1 Å². The molecule has 0 aliphatic carbocycles. The summed E-state index contributed by atoms with van der Waals surface area (Å²) in [6.07, 6.45) is 0.428. The zero-order valence-electron chi connectivity index (χ0n) is 14.2. The van der Waals surface area contributed by atoms with Gasteiger partial charge < -0.3 is 9.26 Å². The van der Waals surface area contributed by atoms with E-state index in [1.54, 1.807) is 12.1 Å². The number of ether oxygens (including phenoxy) is 1. The molecule has 1 aromatic heterocycles. The third-order valence-corrected chi connectivity index (χ3v) is 4.10. The highest BCUT2D eigenvalue weighted by atomic mass is 16.6. The van der Waals surface area contributed by atoms with Crippen molar-refractivity contribution in [2.24, 2.45) is 0 Å². The van der Waals surface area contributed by atoms with Gasteiger partial charge in [0.2, 0.25) is 0 Å². The van der Waals surface area contributed by atoms with Gasteiger partial charge in [0.05, 0.1) is 4.92 Å². The molecule has 4 rings (SSSR count). The second-order valence-electron chi connectivity index (χ2n) is 6.00. The van der Waals surface area contributed by atoms with Crippen LogP contribution in [0.5, 0.6) is 5.75 Å². The molecule has 0 saturated heterocycles. The normalized spacial score (nSPS) is 10.8. The van der Waals surface area contributed by atoms with Gasteiger partial charge in [-0.15, -0.1) is 0 Å². The highest BCUT2D eigenvalue weighted by Gasteiger charge is 2.10. The Morgan fingerprint density at radius 2 is 1.78 bits per heavy atom. The summed E-state index contributed by atoms with van der Waals surface area (Å²) in [6, 6.07) is 20.2. The lowest BCUT2D eigenvalue weighted by Crippen LogP contribution is -1.97. The highest BCUT2D eigenvalue weighted by molar-refractivity contribution is 5.83. The van der Waals surface area contributed by atoms with Gasteiger partial charge in [-0.05, 0) is 28.5 Å². The Bertz CT molecular complexity index is 1090. The van der Waals surface area contributed by atoms with Crippen LogP contribution in [0.15, 0.2) is 71.3 Å². The van der Waals surface area contributed by atoms with Crippen LogP contribution in [0.3, 0.4) is 0 Å². The molecule has 134 valence electrons. The number of aromatic nitrogens is 2. The van der Waals surface area contributed by atoms with Gasteiger partial charge in [-0.2, -0.15) is 4.98 Å². The van der Waals surface area contributed by atoms with Crippen molar-refractivity contribution in [3.05, 3.63) is 94.1 Å². The average Bonchev–Trinajstić information content (AvgIpc) is 3.14. The van der Waals surface area contributed by atoms with Crippen LogP contribution in [-0.2, 0) is 13.0 Å². The van der Waals surface area contributed by atoms with Gasteiger partial charge >= 0.3 is 0 Å². The van der Waals surface area contributed by atoms with E-state index in [4.69, 9.17) is 9.26 Å². The van der Waals surface area contributed by atoms with Crippen LogP contribution in [-0.4, -0.2) is 15.1 Å². The molecule has 7 heteroatoms. The summed E-state index contributed by atoms with van der Waals surface area (Å²) in [4.78, 5) is 14.6. The van der Waals surface area contributed by atoms with Crippen LogP contribution < -0.4 is 4.74 Å². The largest absolute Gasteiger partial charge is 0.484 e. The highest BCUT2D eigenvalue weighted by Crippen LogP contribution is 2.21. The van der Waals surface area contributed by atoms with E-state index in [9.17, 15) is 10.1 Å². The maximum absolute atomic E-state index is 10.7. The molecule has 0 amide bonds. The first kappa shape index (κ1) is 16.7. The van der Waals surface area contributed by atoms with E-state index in [1.807, 2.05) is 42.5 Å². The number of fused-ring (bicyclic) bond motifs is 1. The standard InChI is InChI=1S/C20H15N3O4/c24-23(25)17-8-5-14(6-9-17)11-19-21-20(27-22-19)13-26-18-10-7-15-3-1-2-4-16(15)12-18/h1-10,12H,11,13H2. The molecule has 27 heavy (non-hydrogen) atoms. The van der Waals surface area contributed by atoms with E-state index in [0.717, 1.165) is 22.1 Å². The molecule has 0 saturated carbocycles. The van der Waals surface area contributed by atoms with E-state index in [-0.39, 0.29) is 12.3 Å². The van der Waals surface area contributed by atoms with Gasteiger partial charge in [0.15, 0.2) is 12.4 Å². The fourth-order valence-electron chi connectivity index (χ4n) is 2.74. The lowest BCUT2D eigenvalue weighted by molar-refractivity contribution is -0.384. The van der Waals surface area contributed by atoms with Crippen LogP contribution in [0.4, 0.5) is 5.69 Å². The molecule has 1 heterocycles. The number of nitro groups is 1. The van der Waals surface area contributed by atoms with Crippen molar-refractivity contribution >= 4 is 16.5 Å². The molecule has 0 aliphatic heterocycles. The Morgan fingerprint density at radius 3 is 2.56 bits per heavy atom. The van der Waals surface area contributed by atoms with Crippen molar-refractivity contribution in [2.45, 2.75) is 13.0 Å². The molecule has 0 N–H and O–H groups in total. The summed E-state index contributed by atoms with van der Waals surface area (Å²) >= 11 is 0. The molecule has 7 nitrogen and oxygen atoms in total. The molecule has 0 spiro atoms. The zero-order valence-corrected chi connectivity index (χ0v) is 14.2. The second kappa shape index (κ2) is 7.25. The van der Waals surface area contributed by atoms with E-state index < -0.39 is 4.92 Å². The maximum Gasteiger partial charge on any atom is 0.269 e. The summed E-state index contributed by atoms with van der Waals surface area (Å²) in [7, 11) is 0. The smallest absolute Gasteiger partial charge is 0.269 e. The van der Waals surface area contributed by atoms with Crippen molar-refractivity contribution in [3.63, 3.8) is 0 Å². The fourth-order valence-corrected chi connectivity index (χ4v) is 2.74. The molecular formula is C20H15N3O4. The number of hydrogen-bond acceptors (Lipinski definition) is 6. The third kappa shape index (κ3) is 3.92. The topological polar surface area (TPSA) is 91.3 Å². The van der Waals surface area contributed by atoms with Crippen LogP contribution in [0, 0.1) is 10.1 Å². The van der Waals surface area contributed by atoms with Gasteiger partial charge in [0.1, 0.15) is 5.75 Å². The number of nitro benzene ring substituents is 1. The van der Waals surface area contributed by atoms with Crippen LogP contribution in [0.1, 0.15) is 17.3 Å². The summed E-state index contributed by atoms with van der Waals surface area (Å²) in [5, 5.41) is 16.9. The predicted molar refractivity (Wildman–Crippen MR) is 98.5 cm³/mol. The lowest BCUT2D eigenvalue weighted by Gasteiger charge is -2.04. The first-order valence-corrected chi connectivity index (χ1v) is 8.34. The average molecular weight is 361 g/mol. The molecule has 0 fully saturated rings. The first-order chi connectivity index (χ1) is 13.2. The minimum absolute atomic E-state index is 0.0522. The monoisotopic (exact) mass is 361 g/mol. The molecule has 0 unspecified atom stereocenters. The van der Waals surface area contributed by atoms with Crippen molar-refractivity contribution in [1.29, 1.82) is 0 Å². The van der Waals surface area contributed by atoms with Gasteiger partial charge in [-0.25, -0.2) is 0 Å². The van der Waals surface area contributed by atoms with E-state index in [0.29, 0.717) is 18.1 Å². The number of nitrogens with zero attached hydrogens (tertiary/aromatic N) is 3. The summed E-state index contributed by atoms with van der Waals surface area (Å²) < 4.78 is 10.9. The predicted octanol–water partition coefficient (Wildman–Crippen LogP) is 4.30. The summed E-state index contributed by atoms with van der Waals surface area (Å²) in [5.74, 6) is 1.60. The Kier molecular flexibility index (Phi) is 4.49. The van der Waals surface area contributed by atoms with Crippen LogP contribution in [0.2, 0.25) is 0 Å². The Hall–Kier alpha value is -3.74. The molecule has 0 aliphatic rings. The number of rotatable bonds is 6. The quantitative estimate of drug-likeness (QED) is 0.375. The number of non-ortho nitro benzene ring substituents is 1. The second-order valence-corrected chi connectivity index (χ2v) is 6.00. The lowest BCUT2D eigenvalue weighted by atomic mass is 10.1. The summed E-state index contributed by atoms with van der Waals surface area (Å²) in [5.41, 5.74) is 0.916. The van der Waals surface area contributed by atoms with E-state index in [2.05, 4.69) is 10.1 Å². The Balaban J connectivity index is 1.39. The minimum atomic E-state index is -0.430. The third-order valence-electron chi connectivity index (χ3n) is 4.10. The number of benzene rings is 3. The zero-order chi connectivity index (χ0) is 18.6. The van der Waals surface area contributed by atoms with Gasteiger partial charge in [-0.3, -0.25) is 10.1 Å². The maximum atomic E-state index is 10.7. The van der Waals surface area contributed by atoms with Crippen LogP contribution in [0.25, 0.3) is 10.8 Å². The van der Waals surface area contributed by atoms with Gasteiger partial charge in [0.25, 0.3) is 11.6 Å². The molecule has 0 bridgehead atoms. The number of hydrogen-bond donors (Lipinski definition) is 0. The minimum Gasteiger partial charge on any atom is -0.484 e. The fraction of sp³-hybridized carbons (Fsp3) is 0.100. The van der Waals surface area contributed by atoms with Gasteiger partial charge in [-0.1, -0.05) is 47.6 Å². The molecule has 0 radical (unpaired) electrons. The first-order valence-electron chi connectivity index (χ1n) is 8.34. The molecule has 0 atom stereocenters. The Labute approximate surface area is 154 Å². The van der Waals surface area contributed by atoms with Crippen LogP contribution >= 0.6 is 0 Å². The Morgan fingerprint density at radius 1 is 1.00 bits per heavy atom. The molecular weight excluding hydrogens is 346 g/mol. The van der Waals surface area contributed by atoms with Crippen molar-refractivity contribution in [3.8, 4) is 5.75 Å². The van der Waals surface area contributed by atoms with Crippen molar-refractivity contribution < 1.29 is 14.2 Å². The van der Waals surface area contributed by atoms with E-state index >= 15 is 0 Å². The van der Waals surface area contributed by atoms with Gasteiger partial charge in [0, 0.05) is 18.6 Å².